The van der Waals surface area contributed by atoms with Crippen LogP contribution in [0.15, 0.2) is 24.3 Å². The maximum Gasteiger partial charge on any atom is 0.120 e. The summed E-state index contributed by atoms with van der Waals surface area (Å²) in [6.07, 6.45) is 3.75. The van der Waals surface area contributed by atoms with Crippen LogP contribution in [0.4, 0.5) is 5.69 Å². The first kappa shape index (κ1) is 17.1. The maximum atomic E-state index is 5.78. The highest BCUT2D eigenvalue weighted by Crippen LogP contribution is 2.22. The Hall–Kier alpha value is -1.26. The molecule has 1 atom stereocenters. The maximum absolute atomic E-state index is 5.78. The molecule has 1 aromatic rings. The van der Waals surface area contributed by atoms with Crippen LogP contribution < -0.4 is 15.4 Å². The monoisotopic (exact) mass is 305 g/mol. The fraction of sp³-hybridized carbons (Fsp3) is 0.667. The first-order valence-electron chi connectivity index (χ1n) is 8.58. The topological polar surface area (TPSA) is 41.7 Å². The van der Waals surface area contributed by atoms with Crippen molar-refractivity contribution in [1.82, 2.24) is 4.90 Å². The molecule has 1 fully saturated rings. The Morgan fingerprint density at radius 1 is 1.23 bits per heavy atom. The van der Waals surface area contributed by atoms with E-state index in [1.165, 1.54) is 31.5 Å². The van der Waals surface area contributed by atoms with Gasteiger partial charge < -0.3 is 15.4 Å². The van der Waals surface area contributed by atoms with Gasteiger partial charge in [-0.3, -0.25) is 4.90 Å². The molecule has 0 radical (unpaired) electrons. The molecule has 1 saturated heterocycles. The summed E-state index contributed by atoms with van der Waals surface area (Å²) < 4.78 is 5.32. The third kappa shape index (κ3) is 4.89. The Morgan fingerprint density at radius 2 is 2.00 bits per heavy atom. The van der Waals surface area contributed by atoms with Crippen molar-refractivity contribution in [3.63, 3.8) is 0 Å². The first-order valence-corrected chi connectivity index (χ1v) is 8.58. The van der Waals surface area contributed by atoms with E-state index in [4.69, 9.17) is 10.5 Å². The van der Waals surface area contributed by atoms with Crippen LogP contribution in [0, 0.1) is 5.92 Å². The lowest BCUT2D eigenvalue weighted by molar-refractivity contribution is 0.246. The van der Waals surface area contributed by atoms with E-state index in [2.05, 4.69) is 34.9 Å². The molecule has 2 N–H and O–H groups in total. The quantitative estimate of drug-likeness (QED) is 0.801. The number of benzene rings is 1. The number of rotatable bonds is 8. The number of anilines is 1. The standard InChI is InChI=1S/C18H31N3O/c1-3-16(15-19)6-5-9-20-10-12-21(13-11-20)17-7-4-8-18(14-17)22-2/h4,7-8,14,16H,3,5-6,9-13,15,19H2,1-2H3. The van der Waals surface area contributed by atoms with Gasteiger partial charge in [-0.15, -0.1) is 0 Å². The average molecular weight is 305 g/mol. The molecule has 1 aliphatic rings. The van der Waals surface area contributed by atoms with Crippen LogP contribution in [-0.2, 0) is 0 Å². The van der Waals surface area contributed by atoms with Gasteiger partial charge in [0.1, 0.15) is 5.75 Å². The molecule has 124 valence electrons. The molecule has 0 aliphatic carbocycles. The molecule has 2 rings (SSSR count). The minimum absolute atomic E-state index is 0.707. The smallest absolute Gasteiger partial charge is 0.120 e. The van der Waals surface area contributed by atoms with Crippen molar-refractivity contribution in [2.24, 2.45) is 11.7 Å². The minimum Gasteiger partial charge on any atom is -0.497 e. The van der Waals surface area contributed by atoms with Gasteiger partial charge in [0.25, 0.3) is 0 Å². The zero-order chi connectivity index (χ0) is 15.8. The molecular weight excluding hydrogens is 274 g/mol. The fourth-order valence-electron chi connectivity index (χ4n) is 3.13. The molecular formula is C18H31N3O. The van der Waals surface area contributed by atoms with Gasteiger partial charge in [-0.2, -0.15) is 0 Å². The van der Waals surface area contributed by atoms with E-state index in [-0.39, 0.29) is 0 Å². The van der Waals surface area contributed by atoms with Crippen LogP contribution in [0.25, 0.3) is 0 Å². The van der Waals surface area contributed by atoms with Gasteiger partial charge in [-0.25, -0.2) is 0 Å². The third-order valence-corrected chi connectivity index (χ3v) is 4.79. The number of nitrogens with zero attached hydrogens (tertiary/aromatic N) is 2. The molecule has 4 heteroatoms. The fourth-order valence-corrected chi connectivity index (χ4v) is 3.13. The zero-order valence-electron chi connectivity index (χ0n) is 14.1. The Balaban J connectivity index is 1.73. The molecule has 4 nitrogen and oxygen atoms in total. The molecule has 0 aromatic heterocycles. The van der Waals surface area contributed by atoms with Crippen molar-refractivity contribution >= 4 is 5.69 Å². The van der Waals surface area contributed by atoms with Gasteiger partial charge in [0.15, 0.2) is 0 Å². The zero-order valence-corrected chi connectivity index (χ0v) is 14.1. The SMILES string of the molecule is CCC(CN)CCCN1CCN(c2cccc(OC)c2)CC1. The second kappa shape index (κ2) is 9.01. The van der Waals surface area contributed by atoms with Crippen LogP contribution in [0.5, 0.6) is 5.75 Å². The summed E-state index contributed by atoms with van der Waals surface area (Å²) in [4.78, 5) is 5.04. The highest BCUT2D eigenvalue weighted by Gasteiger charge is 2.17. The Morgan fingerprint density at radius 3 is 2.64 bits per heavy atom. The van der Waals surface area contributed by atoms with E-state index in [9.17, 15) is 0 Å². The van der Waals surface area contributed by atoms with Crippen molar-refractivity contribution < 1.29 is 4.74 Å². The minimum atomic E-state index is 0.707. The molecule has 1 unspecified atom stereocenters. The number of hydrogen-bond acceptors (Lipinski definition) is 4. The Labute approximate surface area is 135 Å². The number of methoxy groups -OCH3 is 1. The van der Waals surface area contributed by atoms with Gasteiger partial charge in [0.2, 0.25) is 0 Å². The highest BCUT2D eigenvalue weighted by molar-refractivity contribution is 5.51. The van der Waals surface area contributed by atoms with Gasteiger partial charge in [-0.1, -0.05) is 19.4 Å². The second-order valence-corrected chi connectivity index (χ2v) is 6.18. The van der Waals surface area contributed by atoms with E-state index in [0.29, 0.717) is 5.92 Å². The lowest BCUT2D eigenvalue weighted by Gasteiger charge is -2.36. The molecule has 1 heterocycles. The summed E-state index contributed by atoms with van der Waals surface area (Å²) in [5.74, 6) is 1.64. The predicted octanol–water partition coefficient (Wildman–Crippen LogP) is 2.58. The van der Waals surface area contributed by atoms with Crippen molar-refractivity contribution in [3.05, 3.63) is 24.3 Å². The van der Waals surface area contributed by atoms with Crippen molar-refractivity contribution in [2.45, 2.75) is 26.2 Å². The average Bonchev–Trinajstić information content (AvgIpc) is 2.59. The molecule has 1 aromatic carbocycles. The summed E-state index contributed by atoms with van der Waals surface area (Å²) in [7, 11) is 1.72. The van der Waals surface area contributed by atoms with Crippen molar-refractivity contribution in [1.29, 1.82) is 0 Å². The van der Waals surface area contributed by atoms with Crippen LogP contribution in [0.2, 0.25) is 0 Å². The molecule has 22 heavy (non-hydrogen) atoms. The molecule has 0 spiro atoms. The molecule has 1 aliphatic heterocycles. The normalized spacial score (nSPS) is 17.5. The van der Waals surface area contributed by atoms with Crippen molar-refractivity contribution in [2.75, 3.05) is 51.3 Å². The van der Waals surface area contributed by atoms with E-state index in [1.54, 1.807) is 7.11 Å². The summed E-state index contributed by atoms with van der Waals surface area (Å²) in [5, 5.41) is 0. The molecule has 0 bridgehead atoms. The highest BCUT2D eigenvalue weighted by atomic mass is 16.5. The number of nitrogens with two attached hydrogens (primary N) is 1. The number of ether oxygens (including phenoxy) is 1. The van der Waals surface area contributed by atoms with Gasteiger partial charge in [0, 0.05) is 37.9 Å². The van der Waals surface area contributed by atoms with Gasteiger partial charge in [0.05, 0.1) is 7.11 Å². The summed E-state index contributed by atoms with van der Waals surface area (Å²) in [6.45, 7) is 8.78. The van der Waals surface area contributed by atoms with E-state index in [0.717, 1.165) is 38.5 Å². The molecule has 0 saturated carbocycles. The lowest BCUT2D eigenvalue weighted by atomic mass is 10.0. The Kier molecular flexibility index (Phi) is 7.00. The summed E-state index contributed by atoms with van der Waals surface area (Å²) in [6, 6.07) is 8.37. The van der Waals surface area contributed by atoms with Crippen molar-refractivity contribution in [3.8, 4) is 5.75 Å². The van der Waals surface area contributed by atoms with E-state index < -0.39 is 0 Å². The third-order valence-electron chi connectivity index (χ3n) is 4.79. The predicted molar refractivity (Wildman–Crippen MR) is 93.7 cm³/mol. The molecule has 0 amide bonds. The second-order valence-electron chi connectivity index (χ2n) is 6.18. The van der Waals surface area contributed by atoms with Gasteiger partial charge in [-0.05, 0) is 44.0 Å². The van der Waals surface area contributed by atoms with Crippen LogP contribution in [0.1, 0.15) is 26.2 Å². The van der Waals surface area contributed by atoms with Crippen LogP contribution >= 0.6 is 0 Å². The Bertz CT molecular complexity index is 426. The van der Waals surface area contributed by atoms with Crippen LogP contribution in [-0.4, -0.2) is 51.3 Å². The van der Waals surface area contributed by atoms with E-state index in [1.807, 2.05) is 6.07 Å². The van der Waals surface area contributed by atoms with Gasteiger partial charge >= 0.3 is 0 Å². The number of hydrogen-bond donors (Lipinski definition) is 1. The summed E-state index contributed by atoms with van der Waals surface area (Å²) in [5.41, 5.74) is 7.05. The first-order chi connectivity index (χ1) is 10.8. The largest absolute Gasteiger partial charge is 0.497 e. The summed E-state index contributed by atoms with van der Waals surface area (Å²) >= 11 is 0. The lowest BCUT2D eigenvalue weighted by Crippen LogP contribution is -2.46. The van der Waals surface area contributed by atoms with Crippen LogP contribution in [0.3, 0.4) is 0 Å². The number of piperazine rings is 1. The van der Waals surface area contributed by atoms with E-state index >= 15 is 0 Å².